The molecule has 0 saturated carbocycles. The number of nitrogens with one attached hydrogen (secondary N) is 3. The van der Waals surface area contributed by atoms with Gasteiger partial charge >= 0.3 is 5.69 Å². The van der Waals surface area contributed by atoms with Crippen molar-refractivity contribution in [1.29, 1.82) is 0 Å². The Morgan fingerprint density at radius 2 is 2.20 bits per heavy atom. The fourth-order valence-electron chi connectivity index (χ4n) is 1.31. The van der Waals surface area contributed by atoms with Crippen LogP contribution >= 0.6 is 0 Å². The lowest BCUT2D eigenvalue weighted by Crippen LogP contribution is -2.25. The first-order chi connectivity index (χ1) is 9.56. The van der Waals surface area contributed by atoms with Crippen molar-refractivity contribution in [2.75, 3.05) is 5.43 Å². The zero-order valence-corrected chi connectivity index (χ0v) is 9.86. The zero-order valence-electron chi connectivity index (χ0n) is 9.86. The van der Waals surface area contributed by atoms with Crippen molar-refractivity contribution in [3.63, 3.8) is 0 Å². The number of non-ortho nitro benzene ring substituents is 1. The Morgan fingerprint density at radius 3 is 2.90 bits per heavy atom. The molecule has 1 aromatic heterocycles. The molecule has 102 valence electrons. The number of aromatic nitrogens is 3. The van der Waals surface area contributed by atoms with E-state index in [2.05, 4.69) is 15.6 Å². The topological polar surface area (TPSA) is 146 Å². The number of nitrogens with zero attached hydrogens (tertiary/aromatic N) is 3. The van der Waals surface area contributed by atoms with Gasteiger partial charge in [-0.05, 0) is 0 Å². The maximum Gasteiger partial charge on any atom is 0.342 e. The van der Waals surface area contributed by atoms with Gasteiger partial charge in [0, 0.05) is 17.7 Å². The second kappa shape index (κ2) is 5.56. The summed E-state index contributed by atoms with van der Waals surface area (Å²) in [5.41, 5.74) is 1.24. The molecule has 0 bridgehead atoms. The Morgan fingerprint density at radius 1 is 1.40 bits per heavy atom. The number of aromatic amines is 2. The molecule has 10 nitrogen and oxygen atoms in total. The van der Waals surface area contributed by atoms with Crippen molar-refractivity contribution in [1.82, 2.24) is 15.2 Å². The summed E-state index contributed by atoms with van der Waals surface area (Å²) in [6.45, 7) is 0. The largest absolute Gasteiger partial charge is 0.342 e. The van der Waals surface area contributed by atoms with Gasteiger partial charge in [-0.15, -0.1) is 5.10 Å². The Balaban J connectivity index is 2.14. The third kappa shape index (κ3) is 3.13. The lowest BCUT2D eigenvalue weighted by molar-refractivity contribution is -0.384. The van der Waals surface area contributed by atoms with Crippen molar-refractivity contribution in [2.24, 2.45) is 5.10 Å². The van der Waals surface area contributed by atoms with Crippen LogP contribution < -0.4 is 16.7 Å². The maximum atomic E-state index is 11.3. The minimum Gasteiger partial charge on any atom is -0.270 e. The molecule has 3 N–H and O–H groups in total. The summed E-state index contributed by atoms with van der Waals surface area (Å²) >= 11 is 0. The van der Waals surface area contributed by atoms with E-state index in [0.29, 0.717) is 5.56 Å². The smallest absolute Gasteiger partial charge is 0.270 e. The first-order valence-corrected chi connectivity index (χ1v) is 5.29. The number of anilines is 1. The molecule has 0 radical (unpaired) electrons. The highest BCUT2D eigenvalue weighted by Gasteiger charge is 2.04. The number of hydrogen-bond donors (Lipinski definition) is 3. The summed E-state index contributed by atoms with van der Waals surface area (Å²) < 4.78 is 0. The van der Waals surface area contributed by atoms with Crippen molar-refractivity contribution < 1.29 is 4.92 Å². The minimum absolute atomic E-state index is 0.0750. The molecule has 1 aromatic carbocycles. The molecule has 10 heteroatoms. The number of rotatable bonds is 4. The first-order valence-electron chi connectivity index (χ1n) is 5.29. The number of hydrazone groups is 1. The highest BCUT2D eigenvalue weighted by Crippen LogP contribution is 2.11. The molecule has 0 fully saturated rings. The third-order valence-corrected chi connectivity index (χ3v) is 2.18. The Bertz CT molecular complexity index is 778. The number of nitro benzene ring substituents is 1. The van der Waals surface area contributed by atoms with Crippen molar-refractivity contribution >= 4 is 17.7 Å². The number of benzene rings is 1. The molecule has 0 aliphatic carbocycles. The van der Waals surface area contributed by atoms with Gasteiger partial charge in [0.05, 0.1) is 11.1 Å². The van der Waals surface area contributed by atoms with Gasteiger partial charge in [-0.1, -0.05) is 12.1 Å². The molecule has 0 aliphatic heterocycles. The predicted molar refractivity (Wildman–Crippen MR) is 69.8 cm³/mol. The van der Waals surface area contributed by atoms with Gasteiger partial charge in [0.25, 0.3) is 11.2 Å². The van der Waals surface area contributed by atoms with Gasteiger partial charge in [0.2, 0.25) is 5.82 Å². The van der Waals surface area contributed by atoms with Crippen LogP contribution in [0.1, 0.15) is 5.56 Å². The van der Waals surface area contributed by atoms with E-state index >= 15 is 0 Å². The van der Waals surface area contributed by atoms with E-state index in [-0.39, 0.29) is 11.5 Å². The van der Waals surface area contributed by atoms with E-state index in [1.807, 2.05) is 10.1 Å². The van der Waals surface area contributed by atoms with Gasteiger partial charge in [-0.25, -0.2) is 9.89 Å². The van der Waals surface area contributed by atoms with Gasteiger partial charge in [0.15, 0.2) is 0 Å². The maximum absolute atomic E-state index is 11.3. The van der Waals surface area contributed by atoms with Crippen molar-refractivity contribution in [2.45, 2.75) is 0 Å². The molecule has 0 atom stereocenters. The molecule has 2 rings (SSSR count). The highest BCUT2D eigenvalue weighted by molar-refractivity contribution is 5.81. The molecule has 2 aromatic rings. The fourth-order valence-corrected chi connectivity index (χ4v) is 1.31. The Hall–Kier alpha value is -3.30. The van der Waals surface area contributed by atoms with Gasteiger partial charge in [0.1, 0.15) is 0 Å². The average molecular weight is 276 g/mol. The zero-order chi connectivity index (χ0) is 14.5. The number of hydrogen-bond acceptors (Lipinski definition) is 7. The normalized spacial score (nSPS) is 10.6. The molecular weight excluding hydrogens is 268 g/mol. The van der Waals surface area contributed by atoms with Crippen LogP contribution in [0.2, 0.25) is 0 Å². The monoisotopic (exact) mass is 276 g/mol. The highest BCUT2D eigenvalue weighted by atomic mass is 16.6. The van der Waals surface area contributed by atoms with E-state index in [4.69, 9.17) is 0 Å². The standard InChI is InChI=1S/C10H8N6O4/c17-9-8(14-15-10(18)12-9)13-11-5-6-2-1-3-7(4-6)16(19)20/h1-5H,(H,13,14)(H2,12,15,17,18). The lowest BCUT2D eigenvalue weighted by Gasteiger charge is -1.96. The molecule has 0 amide bonds. The van der Waals surface area contributed by atoms with Gasteiger partial charge in [-0.2, -0.15) is 5.10 Å². The van der Waals surface area contributed by atoms with Crippen molar-refractivity contribution in [3.05, 3.63) is 60.8 Å². The summed E-state index contributed by atoms with van der Waals surface area (Å²) in [4.78, 5) is 34.0. The van der Waals surface area contributed by atoms with E-state index in [1.54, 1.807) is 6.07 Å². The number of nitro groups is 1. The Kier molecular flexibility index (Phi) is 3.65. The summed E-state index contributed by atoms with van der Waals surface area (Å²) in [5, 5.41) is 19.7. The van der Waals surface area contributed by atoms with Crippen LogP contribution in [0.3, 0.4) is 0 Å². The summed E-state index contributed by atoms with van der Waals surface area (Å²) in [6, 6.07) is 5.77. The molecule has 0 aliphatic rings. The van der Waals surface area contributed by atoms with Crippen LogP contribution in [0.4, 0.5) is 11.5 Å². The molecule has 0 spiro atoms. The molecule has 20 heavy (non-hydrogen) atoms. The van der Waals surface area contributed by atoms with E-state index in [9.17, 15) is 19.7 Å². The van der Waals surface area contributed by atoms with Crippen LogP contribution in [0, 0.1) is 10.1 Å². The second-order valence-electron chi connectivity index (χ2n) is 3.58. The average Bonchev–Trinajstić information content (AvgIpc) is 2.41. The van der Waals surface area contributed by atoms with E-state index in [0.717, 1.165) is 0 Å². The van der Waals surface area contributed by atoms with Crippen LogP contribution in [-0.4, -0.2) is 26.3 Å². The fraction of sp³-hybridized carbons (Fsp3) is 0. The van der Waals surface area contributed by atoms with Crippen LogP contribution in [0.5, 0.6) is 0 Å². The molecular formula is C10H8N6O4. The molecule has 1 heterocycles. The van der Waals surface area contributed by atoms with Gasteiger partial charge < -0.3 is 0 Å². The first kappa shape index (κ1) is 13.1. The molecule has 0 unspecified atom stereocenters. The van der Waals surface area contributed by atoms with Crippen LogP contribution in [0.25, 0.3) is 0 Å². The molecule has 0 saturated heterocycles. The SMILES string of the molecule is O=c1[nH]nc(NN=Cc2cccc([N+](=O)[O-])c2)c(=O)[nH]1. The lowest BCUT2D eigenvalue weighted by atomic mass is 10.2. The quantitative estimate of drug-likeness (QED) is 0.400. The van der Waals surface area contributed by atoms with Crippen LogP contribution in [-0.2, 0) is 0 Å². The predicted octanol–water partition coefficient (Wildman–Crippen LogP) is -0.188. The number of H-pyrrole nitrogens is 2. The summed E-state index contributed by atoms with van der Waals surface area (Å²) in [6.07, 6.45) is 1.28. The third-order valence-electron chi connectivity index (χ3n) is 2.18. The van der Waals surface area contributed by atoms with Gasteiger partial charge in [-0.3, -0.25) is 25.3 Å². The second-order valence-corrected chi connectivity index (χ2v) is 3.58. The van der Waals surface area contributed by atoms with Crippen LogP contribution in [0.15, 0.2) is 39.0 Å². The van der Waals surface area contributed by atoms with E-state index < -0.39 is 16.2 Å². The summed E-state index contributed by atoms with van der Waals surface area (Å²) in [7, 11) is 0. The van der Waals surface area contributed by atoms with Crippen molar-refractivity contribution in [3.8, 4) is 0 Å². The Labute approximate surface area is 110 Å². The van der Waals surface area contributed by atoms with E-state index in [1.165, 1.54) is 24.4 Å². The minimum atomic E-state index is -0.733. The summed E-state index contributed by atoms with van der Waals surface area (Å²) in [5.74, 6) is -0.203.